The van der Waals surface area contributed by atoms with Gasteiger partial charge in [-0.2, -0.15) is 14.1 Å². The molecule has 2 fully saturated rings. The van der Waals surface area contributed by atoms with E-state index in [2.05, 4.69) is 10.00 Å². The van der Waals surface area contributed by atoms with E-state index in [-0.39, 0.29) is 11.5 Å². The predicted molar refractivity (Wildman–Crippen MR) is 114 cm³/mol. The third-order valence-electron chi connectivity index (χ3n) is 6.06. The summed E-state index contributed by atoms with van der Waals surface area (Å²) in [5.74, 6) is 0.233. The van der Waals surface area contributed by atoms with Gasteiger partial charge in [-0.15, -0.1) is 0 Å². The number of sulfonamides is 1. The molecule has 2 heterocycles. The van der Waals surface area contributed by atoms with Crippen LogP contribution in [0.3, 0.4) is 0 Å². The van der Waals surface area contributed by atoms with Crippen LogP contribution < -0.4 is 10.5 Å². The number of anilines is 1. The van der Waals surface area contributed by atoms with Gasteiger partial charge < -0.3 is 4.90 Å². The van der Waals surface area contributed by atoms with Gasteiger partial charge in [0.2, 0.25) is 10.0 Å². The highest BCUT2D eigenvalue weighted by molar-refractivity contribution is 7.88. The maximum Gasteiger partial charge on any atom is 0.277 e. The Morgan fingerprint density at radius 2 is 1.62 bits per heavy atom. The second-order valence-corrected chi connectivity index (χ2v) is 9.96. The van der Waals surface area contributed by atoms with Gasteiger partial charge in [0.25, 0.3) is 5.56 Å². The molecule has 0 unspecified atom stereocenters. The molecular weight excluding hydrogens is 388 g/mol. The van der Waals surface area contributed by atoms with Crippen molar-refractivity contribution in [2.75, 3.05) is 37.3 Å². The summed E-state index contributed by atoms with van der Waals surface area (Å²) in [6.07, 6.45) is 8.58. The molecule has 29 heavy (non-hydrogen) atoms. The lowest BCUT2D eigenvalue weighted by molar-refractivity contribution is 0.385. The number of piperazine rings is 1. The largest absolute Gasteiger partial charge is 0.367 e. The van der Waals surface area contributed by atoms with Crippen molar-refractivity contribution in [1.29, 1.82) is 0 Å². The summed E-state index contributed by atoms with van der Waals surface area (Å²) in [4.78, 5) is 15.7. The van der Waals surface area contributed by atoms with Crippen molar-refractivity contribution in [3.05, 3.63) is 52.4 Å². The van der Waals surface area contributed by atoms with Gasteiger partial charge in [-0.05, 0) is 30.9 Å². The quantitative estimate of drug-likeness (QED) is 0.765. The molecule has 8 heteroatoms. The van der Waals surface area contributed by atoms with E-state index in [0.717, 1.165) is 42.6 Å². The molecule has 156 valence electrons. The van der Waals surface area contributed by atoms with Gasteiger partial charge in [0.1, 0.15) is 0 Å². The van der Waals surface area contributed by atoms with E-state index in [1.54, 1.807) is 6.20 Å². The van der Waals surface area contributed by atoms with Gasteiger partial charge in [0.05, 0.1) is 23.8 Å². The topological polar surface area (TPSA) is 75.5 Å². The predicted octanol–water partition coefficient (Wildman–Crippen LogP) is 2.36. The molecular formula is C21H28N4O3S. The normalized spacial score (nSPS) is 19.4. The molecule has 1 aromatic carbocycles. The van der Waals surface area contributed by atoms with Gasteiger partial charge in [0.15, 0.2) is 0 Å². The fourth-order valence-corrected chi connectivity index (χ4v) is 5.33. The number of aromatic nitrogens is 2. The molecule has 2 aromatic rings. The third-order valence-corrected chi connectivity index (χ3v) is 7.36. The first-order valence-electron chi connectivity index (χ1n) is 10.3. The van der Waals surface area contributed by atoms with Crippen LogP contribution in [0.4, 0.5) is 5.69 Å². The van der Waals surface area contributed by atoms with Crippen molar-refractivity contribution in [2.24, 2.45) is 0 Å². The lowest BCUT2D eigenvalue weighted by Gasteiger charge is -2.36. The van der Waals surface area contributed by atoms with Gasteiger partial charge in [-0.1, -0.05) is 37.5 Å². The molecule has 7 nitrogen and oxygen atoms in total. The van der Waals surface area contributed by atoms with Crippen LogP contribution in [0.25, 0.3) is 5.69 Å². The molecule has 0 radical (unpaired) electrons. The average Bonchev–Trinajstić information content (AvgIpc) is 2.74. The highest BCUT2D eigenvalue weighted by Crippen LogP contribution is 2.36. The minimum Gasteiger partial charge on any atom is -0.367 e. The zero-order valence-electron chi connectivity index (χ0n) is 16.8. The summed E-state index contributed by atoms with van der Waals surface area (Å²) >= 11 is 0. The van der Waals surface area contributed by atoms with Crippen molar-refractivity contribution in [2.45, 2.75) is 38.0 Å². The maximum absolute atomic E-state index is 13.5. The van der Waals surface area contributed by atoms with Crippen LogP contribution >= 0.6 is 0 Å². The van der Waals surface area contributed by atoms with E-state index in [0.29, 0.717) is 26.2 Å². The number of para-hydroxylation sites is 1. The number of hydrogen-bond acceptors (Lipinski definition) is 5. The van der Waals surface area contributed by atoms with Crippen LogP contribution in [0, 0.1) is 0 Å². The minimum atomic E-state index is -3.19. The van der Waals surface area contributed by atoms with E-state index >= 15 is 0 Å². The summed E-state index contributed by atoms with van der Waals surface area (Å²) < 4.78 is 26.7. The molecule has 0 amide bonds. The van der Waals surface area contributed by atoms with Crippen molar-refractivity contribution in [3.63, 3.8) is 0 Å². The van der Waals surface area contributed by atoms with E-state index in [1.807, 2.05) is 30.3 Å². The maximum atomic E-state index is 13.5. The third kappa shape index (κ3) is 4.23. The fraction of sp³-hybridized carbons (Fsp3) is 0.524. The molecule has 0 spiro atoms. The molecule has 0 atom stereocenters. The molecule has 1 aromatic heterocycles. The molecule has 2 aliphatic rings. The number of benzene rings is 1. The van der Waals surface area contributed by atoms with Crippen molar-refractivity contribution in [3.8, 4) is 5.69 Å². The molecule has 0 N–H and O–H groups in total. The number of hydrogen-bond donors (Lipinski definition) is 0. The van der Waals surface area contributed by atoms with E-state index in [1.165, 1.54) is 21.7 Å². The number of nitrogens with zero attached hydrogens (tertiary/aromatic N) is 4. The average molecular weight is 417 g/mol. The lowest BCUT2D eigenvalue weighted by atomic mass is 9.84. The van der Waals surface area contributed by atoms with Crippen LogP contribution in [-0.2, 0) is 10.0 Å². The van der Waals surface area contributed by atoms with E-state index in [4.69, 9.17) is 0 Å². The van der Waals surface area contributed by atoms with Crippen LogP contribution in [-0.4, -0.2) is 54.9 Å². The zero-order chi connectivity index (χ0) is 20.4. The van der Waals surface area contributed by atoms with Gasteiger partial charge in [-0.3, -0.25) is 4.79 Å². The molecule has 1 saturated heterocycles. The summed E-state index contributed by atoms with van der Waals surface area (Å²) in [6, 6.07) is 9.52. The summed E-state index contributed by atoms with van der Waals surface area (Å²) in [5.41, 5.74) is 2.44. The second-order valence-electron chi connectivity index (χ2n) is 7.98. The van der Waals surface area contributed by atoms with Crippen molar-refractivity contribution >= 4 is 15.7 Å². The monoisotopic (exact) mass is 416 g/mol. The highest BCUT2D eigenvalue weighted by Gasteiger charge is 2.29. The number of rotatable bonds is 4. The van der Waals surface area contributed by atoms with Gasteiger partial charge in [-0.25, -0.2) is 8.42 Å². The molecule has 1 aliphatic heterocycles. The summed E-state index contributed by atoms with van der Waals surface area (Å²) in [6.45, 7) is 2.02. The zero-order valence-corrected chi connectivity index (χ0v) is 17.6. The Balaban J connectivity index is 1.72. The summed E-state index contributed by atoms with van der Waals surface area (Å²) in [7, 11) is -3.19. The van der Waals surface area contributed by atoms with Crippen LogP contribution in [0.1, 0.15) is 43.6 Å². The SMILES string of the molecule is CS(=O)(=O)N1CCN(c2cnn(-c3ccccc3)c(=O)c2C2CCCCC2)CC1. The fourth-order valence-electron chi connectivity index (χ4n) is 4.50. The van der Waals surface area contributed by atoms with E-state index < -0.39 is 10.0 Å². The van der Waals surface area contributed by atoms with Gasteiger partial charge >= 0.3 is 0 Å². The van der Waals surface area contributed by atoms with Crippen molar-refractivity contribution < 1.29 is 8.42 Å². The Bertz CT molecular complexity index is 1010. The minimum absolute atomic E-state index is 0.0499. The van der Waals surface area contributed by atoms with Gasteiger partial charge in [0, 0.05) is 31.7 Å². The lowest BCUT2D eigenvalue weighted by Crippen LogP contribution is -2.49. The smallest absolute Gasteiger partial charge is 0.277 e. The standard InChI is InChI=1S/C21H28N4O3S/c1-29(27,28)24-14-12-23(13-15-24)19-16-22-25(18-10-6-3-7-11-18)21(26)20(19)17-8-4-2-5-9-17/h3,6-7,10-11,16-17H,2,4-5,8-9,12-15H2,1H3. The summed E-state index contributed by atoms with van der Waals surface area (Å²) in [5, 5.41) is 4.48. The molecule has 0 bridgehead atoms. The Kier molecular flexibility index (Phi) is 5.74. The van der Waals surface area contributed by atoms with Crippen molar-refractivity contribution in [1.82, 2.24) is 14.1 Å². The first kappa shape index (κ1) is 20.1. The Hall–Kier alpha value is -2.19. The Labute approximate surface area is 172 Å². The van der Waals surface area contributed by atoms with Crippen LogP contribution in [0.5, 0.6) is 0 Å². The first-order valence-corrected chi connectivity index (χ1v) is 12.2. The Morgan fingerprint density at radius 1 is 0.966 bits per heavy atom. The molecule has 1 aliphatic carbocycles. The Morgan fingerprint density at radius 3 is 2.24 bits per heavy atom. The van der Waals surface area contributed by atoms with E-state index in [9.17, 15) is 13.2 Å². The molecule has 4 rings (SSSR count). The van der Waals surface area contributed by atoms with Crippen LogP contribution in [0.2, 0.25) is 0 Å². The second kappa shape index (κ2) is 8.28. The first-order chi connectivity index (χ1) is 13.9. The van der Waals surface area contributed by atoms with Crippen LogP contribution in [0.15, 0.2) is 41.3 Å². The molecule has 1 saturated carbocycles. The highest BCUT2D eigenvalue weighted by atomic mass is 32.2.